The van der Waals surface area contributed by atoms with Gasteiger partial charge in [-0.2, -0.15) is 17.7 Å². The molecule has 0 spiro atoms. The summed E-state index contributed by atoms with van der Waals surface area (Å²) in [6.45, 7) is 0. The Labute approximate surface area is 183 Å². The summed E-state index contributed by atoms with van der Waals surface area (Å²) in [7, 11) is 3.51. The van der Waals surface area contributed by atoms with Crippen molar-refractivity contribution in [1.82, 2.24) is 0 Å². The van der Waals surface area contributed by atoms with Gasteiger partial charge in [0.1, 0.15) is 5.56 Å². The van der Waals surface area contributed by atoms with Crippen LogP contribution < -0.4 is 0 Å². The highest BCUT2D eigenvalue weighted by molar-refractivity contribution is 5.91. The number of hydrogen-bond donors (Lipinski definition) is 0. The average Bonchev–Trinajstić information content (AvgIpc) is 3.23. The van der Waals surface area contributed by atoms with Crippen LogP contribution >= 0.6 is 0 Å². The Bertz CT molecular complexity index is 1190. The Morgan fingerprint density at radius 3 is 2.06 bits per heavy atom. The minimum absolute atomic E-state index is 0.840. The van der Waals surface area contributed by atoms with E-state index in [1.807, 2.05) is 0 Å². The molecule has 2 heteroatoms. The van der Waals surface area contributed by atoms with E-state index in [0.29, 0.717) is 0 Å². The van der Waals surface area contributed by atoms with Gasteiger partial charge >= 0.3 is 0 Å². The molecule has 4 aromatic rings. The second kappa shape index (κ2) is 6.91. The number of fused-ring (bicyclic) bond motifs is 12. The van der Waals surface area contributed by atoms with Gasteiger partial charge in [-0.25, -0.2) is 0 Å². The van der Waals surface area contributed by atoms with Crippen molar-refractivity contribution >= 4 is 10.8 Å². The van der Waals surface area contributed by atoms with Crippen molar-refractivity contribution in [2.24, 2.45) is 0 Å². The van der Waals surface area contributed by atoms with Crippen LogP contribution in [0.5, 0.6) is 0 Å². The highest BCUT2D eigenvalue weighted by atomic mass is 16.7. The first kappa shape index (κ1) is 18.6. The van der Waals surface area contributed by atoms with Crippen molar-refractivity contribution in [1.29, 1.82) is 0 Å². The summed E-state index contributed by atoms with van der Waals surface area (Å²) < 4.78 is 12.3. The Kier molecular flexibility index (Phi) is 4.14. The first-order valence-corrected chi connectivity index (χ1v) is 10.8. The first-order valence-electron chi connectivity index (χ1n) is 10.8. The van der Waals surface area contributed by atoms with Crippen LogP contribution in [0.4, 0.5) is 0 Å². The molecule has 2 nitrogen and oxygen atoms in total. The fraction of sp³-hybridized carbons (Fsp3) is 0.172. The lowest BCUT2D eigenvalue weighted by Gasteiger charge is -2.39. The summed E-state index contributed by atoms with van der Waals surface area (Å²) in [6.07, 6.45) is 1.83. The number of hydrogen-bond acceptors (Lipinski definition) is 2. The first-order chi connectivity index (χ1) is 15.2. The van der Waals surface area contributed by atoms with Crippen molar-refractivity contribution in [2.75, 3.05) is 14.2 Å². The summed E-state index contributed by atoms with van der Waals surface area (Å²) in [6, 6.07) is 31.0. The fourth-order valence-corrected chi connectivity index (χ4v) is 5.38. The van der Waals surface area contributed by atoms with Crippen LogP contribution in [-0.2, 0) is 9.47 Å². The lowest BCUT2D eigenvalue weighted by atomic mass is 9.84. The van der Waals surface area contributed by atoms with Crippen LogP contribution in [0.1, 0.15) is 24.0 Å². The minimum Gasteiger partial charge on any atom is -0.345 e. The Hall–Kier alpha value is -3.20. The molecule has 0 amide bonds. The van der Waals surface area contributed by atoms with Crippen LogP contribution in [0.3, 0.4) is 0 Å². The molecule has 1 fully saturated rings. The van der Waals surface area contributed by atoms with Gasteiger partial charge in [-0.1, -0.05) is 48.2 Å². The lowest BCUT2D eigenvalue weighted by molar-refractivity contribution is -0.168. The van der Waals surface area contributed by atoms with Gasteiger partial charge in [0.05, 0.1) is 12.0 Å². The van der Waals surface area contributed by atoms with Gasteiger partial charge in [-0.3, -0.25) is 0 Å². The summed E-state index contributed by atoms with van der Waals surface area (Å²) in [5, 5.41) is 2.52. The van der Waals surface area contributed by atoms with Gasteiger partial charge in [-0.05, 0) is 46.2 Å². The van der Waals surface area contributed by atoms with E-state index in [1.165, 1.54) is 56.0 Å². The lowest BCUT2D eigenvalue weighted by Crippen LogP contribution is -2.42. The normalized spacial score (nSPS) is 16.2. The Balaban J connectivity index is 1.68. The molecule has 2 aliphatic rings. The van der Waals surface area contributed by atoms with Crippen LogP contribution in [0, 0.1) is 11.8 Å². The topological polar surface area (TPSA) is 18.5 Å². The van der Waals surface area contributed by atoms with Crippen LogP contribution in [0.15, 0.2) is 84.9 Å². The zero-order valence-electron chi connectivity index (χ0n) is 17.8. The largest absolute Gasteiger partial charge is 0.345 e. The predicted octanol–water partition coefficient (Wildman–Crippen LogP) is 6.82. The minimum atomic E-state index is -0.840. The summed E-state index contributed by atoms with van der Waals surface area (Å²) in [5.74, 6) is 1.54. The zero-order chi connectivity index (χ0) is 21.0. The second-order valence-electron chi connectivity index (χ2n) is 8.42. The number of rotatable bonds is 2. The molecule has 0 atom stereocenters. The van der Waals surface area contributed by atoms with Crippen molar-refractivity contribution in [3.63, 3.8) is 0 Å². The zero-order valence-corrected chi connectivity index (χ0v) is 17.8. The van der Waals surface area contributed by atoms with Gasteiger partial charge in [0.25, 0.3) is 0 Å². The molecule has 0 radical (unpaired) electrons. The molecule has 152 valence electrons. The van der Waals surface area contributed by atoms with Crippen molar-refractivity contribution in [3.8, 4) is 22.3 Å². The number of methoxy groups -OCH3 is 2. The molecule has 4 aromatic carbocycles. The maximum Gasteiger partial charge on any atom is 0.216 e. The highest BCUT2D eigenvalue weighted by Gasteiger charge is 2.53. The van der Waals surface area contributed by atoms with Crippen LogP contribution in [0.25, 0.3) is 33.0 Å². The van der Waals surface area contributed by atoms with E-state index in [1.54, 1.807) is 14.2 Å². The molecule has 0 heterocycles. The number of ether oxygens (including phenoxy) is 2. The van der Waals surface area contributed by atoms with Gasteiger partial charge in [0.15, 0.2) is 0 Å². The molecule has 6 rings (SSSR count). The molecule has 9 bridgehead atoms. The van der Waals surface area contributed by atoms with E-state index in [0.717, 1.165) is 12.8 Å². The molecule has 0 saturated heterocycles. The maximum absolute atomic E-state index is 6.15. The molecule has 0 N–H and O–H groups in total. The second-order valence-corrected chi connectivity index (χ2v) is 8.42. The summed E-state index contributed by atoms with van der Waals surface area (Å²) in [5.41, 5.74) is 7.22. The van der Waals surface area contributed by atoms with Gasteiger partial charge in [-0.15, -0.1) is 6.07 Å². The Morgan fingerprint density at radius 1 is 0.710 bits per heavy atom. The smallest absolute Gasteiger partial charge is 0.216 e. The third-order valence-electron chi connectivity index (χ3n) is 6.92. The highest BCUT2D eigenvalue weighted by Crippen LogP contribution is 2.53. The van der Waals surface area contributed by atoms with E-state index in [-0.39, 0.29) is 0 Å². The molecular weight excluding hydrogens is 380 g/mol. The van der Waals surface area contributed by atoms with E-state index in [4.69, 9.17) is 9.47 Å². The van der Waals surface area contributed by atoms with Crippen molar-refractivity contribution < 1.29 is 9.47 Å². The van der Waals surface area contributed by atoms with E-state index in [2.05, 4.69) is 84.9 Å². The monoisotopic (exact) mass is 404 g/mol. The average molecular weight is 405 g/mol. The molecule has 0 aromatic heterocycles. The van der Waals surface area contributed by atoms with Gasteiger partial charge in [0, 0.05) is 32.3 Å². The van der Waals surface area contributed by atoms with E-state index >= 15 is 0 Å². The SMILES string of the molecule is COC1(OC)[C+]2CC[C-]1c1cccc(c1)-c1ccc3ccc(cc3c1)-c1cccc2c1. The quantitative estimate of drug-likeness (QED) is 0.270. The summed E-state index contributed by atoms with van der Waals surface area (Å²) >= 11 is 0. The fourth-order valence-electron chi connectivity index (χ4n) is 5.38. The van der Waals surface area contributed by atoms with Crippen molar-refractivity contribution in [2.45, 2.75) is 18.6 Å². The molecule has 0 unspecified atom stereocenters. The van der Waals surface area contributed by atoms with E-state index < -0.39 is 5.79 Å². The van der Waals surface area contributed by atoms with Crippen molar-refractivity contribution in [3.05, 3.63) is 108 Å². The standard InChI is InChI=1S/C29H24O2/c1-30-29(31-2)27-13-14-28(29)25-8-4-6-21(16-25)23-12-10-19-9-11-22(17-26(19)18-23)20-5-3-7-24(27)15-20/h3-12,15-18H,13-14H2,1-2H3. The predicted molar refractivity (Wildman–Crippen MR) is 125 cm³/mol. The number of benzene rings is 4. The third-order valence-corrected chi connectivity index (χ3v) is 6.92. The Morgan fingerprint density at radius 2 is 1.35 bits per heavy atom. The van der Waals surface area contributed by atoms with Gasteiger partial charge in [0.2, 0.25) is 5.79 Å². The third kappa shape index (κ3) is 2.72. The summed E-state index contributed by atoms with van der Waals surface area (Å²) in [4.78, 5) is 0. The molecule has 0 aliphatic heterocycles. The molecule has 2 aliphatic carbocycles. The molecule has 31 heavy (non-hydrogen) atoms. The maximum atomic E-state index is 6.15. The van der Waals surface area contributed by atoms with Gasteiger partial charge < -0.3 is 9.47 Å². The molecular formula is C29H24O2. The molecule has 1 saturated carbocycles. The van der Waals surface area contributed by atoms with E-state index in [9.17, 15) is 0 Å². The van der Waals surface area contributed by atoms with Crippen LogP contribution in [-0.4, -0.2) is 20.0 Å². The van der Waals surface area contributed by atoms with Crippen LogP contribution in [0.2, 0.25) is 0 Å².